The minimum absolute atomic E-state index is 0.0967. The average molecular weight is 591 g/mol. The summed E-state index contributed by atoms with van der Waals surface area (Å²) < 4.78 is 55.7. The number of aliphatic carboxylic acids is 1. The topological polar surface area (TPSA) is 97.8 Å². The summed E-state index contributed by atoms with van der Waals surface area (Å²) in [7, 11) is 1.51. The van der Waals surface area contributed by atoms with Crippen LogP contribution in [0.2, 0.25) is 0 Å². The number of nitrogens with one attached hydrogen (secondary N) is 1. The van der Waals surface area contributed by atoms with Crippen LogP contribution in [0.25, 0.3) is 17.3 Å². The van der Waals surface area contributed by atoms with Crippen LogP contribution in [0.4, 0.5) is 18.3 Å². The molecule has 7 nitrogen and oxygen atoms in total. The van der Waals surface area contributed by atoms with E-state index in [-0.39, 0.29) is 27.5 Å². The first-order valence-electron chi connectivity index (χ1n) is 13.1. The lowest BCUT2D eigenvalue weighted by Crippen LogP contribution is -2.13. The number of carboxylic acid groups (broad SMARTS) is 1. The molecule has 2 aromatic carbocycles. The van der Waals surface area contributed by atoms with Gasteiger partial charge in [-0.25, -0.2) is 22.9 Å². The van der Waals surface area contributed by atoms with Gasteiger partial charge in [0.25, 0.3) is 5.91 Å². The summed E-state index contributed by atoms with van der Waals surface area (Å²) in [6.07, 6.45) is 2.82. The molecule has 0 fully saturated rings. The molecule has 3 rings (SSSR count). The SMILES string of the molecule is COC(CCOCCCC(C)C)c1cccc(-c2csc(NC(=O)c3cc(F)c(C=C(C)C(=O)O)c(F)c3)n2)c1F. The van der Waals surface area contributed by atoms with Gasteiger partial charge in [0.2, 0.25) is 0 Å². The van der Waals surface area contributed by atoms with Crippen molar-refractivity contribution in [3.63, 3.8) is 0 Å². The normalized spacial score (nSPS) is 12.5. The van der Waals surface area contributed by atoms with E-state index in [4.69, 9.17) is 14.6 Å². The first-order chi connectivity index (χ1) is 19.5. The predicted octanol–water partition coefficient (Wildman–Crippen LogP) is 7.50. The Balaban J connectivity index is 1.71. The van der Waals surface area contributed by atoms with E-state index in [2.05, 4.69) is 24.1 Å². The molecule has 0 saturated heterocycles. The van der Waals surface area contributed by atoms with E-state index in [0.29, 0.717) is 31.1 Å². The van der Waals surface area contributed by atoms with Crippen molar-refractivity contribution in [1.29, 1.82) is 0 Å². The Labute approximate surface area is 241 Å². The highest BCUT2D eigenvalue weighted by Crippen LogP contribution is 2.33. The molecule has 220 valence electrons. The predicted molar refractivity (Wildman–Crippen MR) is 152 cm³/mol. The fourth-order valence-corrected chi connectivity index (χ4v) is 4.74. The van der Waals surface area contributed by atoms with E-state index in [1.165, 1.54) is 14.0 Å². The van der Waals surface area contributed by atoms with Gasteiger partial charge in [-0.3, -0.25) is 10.1 Å². The van der Waals surface area contributed by atoms with Crippen LogP contribution in [-0.4, -0.2) is 42.3 Å². The molecule has 0 aliphatic rings. The van der Waals surface area contributed by atoms with Gasteiger partial charge >= 0.3 is 5.97 Å². The summed E-state index contributed by atoms with van der Waals surface area (Å²) in [4.78, 5) is 27.9. The highest BCUT2D eigenvalue weighted by molar-refractivity contribution is 7.14. The molecule has 1 heterocycles. The lowest BCUT2D eigenvalue weighted by molar-refractivity contribution is -0.132. The van der Waals surface area contributed by atoms with Gasteiger partial charge in [-0.15, -0.1) is 11.3 Å². The number of hydrogen-bond donors (Lipinski definition) is 2. The first-order valence-corrected chi connectivity index (χ1v) is 14.0. The number of hydrogen-bond acceptors (Lipinski definition) is 6. The Hall–Kier alpha value is -3.54. The molecular formula is C30H33F3N2O5S. The summed E-state index contributed by atoms with van der Waals surface area (Å²) >= 11 is 1.02. The van der Waals surface area contributed by atoms with Crippen LogP contribution in [-0.2, 0) is 14.3 Å². The van der Waals surface area contributed by atoms with Gasteiger partial charge in [-0.1, -0.05) is 26.0 Å². The van der Waals surface area contributed by atoms with Crippen molar-refractivity contribution >= 4 is 34.4 Å². The van der Waals surface area contributed by atoms with Crippen molar-refractivity contribution in [1.82, 2.24) is 4.98 Å². The molecule has 2 N–H and O–H groups in total. The summed E-state index contributed by atoms with van der Waals surface area (Å²) in [5.41, 5.74) is -0.334. The summed E-state index contributed by atoms with van der Waals surface area (Å²) in [5.74, 6) is -4.25. The van der Waals surface area contributed by atoms with Crippen molar-refractivity contribution in [2.45, 2.75) is 46.1 Å². The van der Waals surface area contributed by atoms with Crippen LogP contribution in [0.1, 0.15) is 67.6 Å². The monoisotopic (exact) mass is 590 g/mol. The third kappa shape index (κ3) is 8.72. The number of nitrogens with zero attached hydrogens (tertiary/aromatic N) is 1. The zero-order valence-corrected chi connectivity index (χ0v) is 24.1. The smallest absolute Gasteiger partial charge is 0.331 e. The second-order valence-electron chi connectivity index (χ2n) is 9.85. The number of benzene rings is 2. The fraction of sp³-hybridized carbons (Fsp3) is 0.367. The van der Waals surface area contributed by atoms with Gasteiger partial charge in [0.1, 0.15) is 17.5 Å². The minimum Gasteiger partial charge on any atom is -0.478 e. The number of anilines is 1. The zero-order valence-electron chi connectivity index (χ0n) is 23.3. The third-order valence-electron chi connectivity index (χ3n) is 6.29. The van der Waals surface area contributed by atoms with Crippen molar-refractivity contribution in [2.75, 3.05) is 25.6 Å². The highest BCUT2D eigenvalue weighted by Gasteiger charge is 2.21. The minimum atomic E-state index is -1.33. The maximum atomic E-state index is 15.5. The van der Waals surface area contributed by atoms with E-state index in [9.17, 15) is 18.4 Å². The van der Waals surface area contributed by atoms with Crippen LogP contribution in [0, 0.1) is 23.4 Å². The number of carboxylic acids is 1. The molecule has 0 bridgehead atoms. The quantitative estimate of drug-likeness (QED) is 0.149. The van der Waals surface area contributed by atoms with Gasteiger partial charge in [0.05, 0.1) is 11.8 Å². The lowest BCUT2D eigenvalue weighted by Gasteiger charge is -2.18. The highest BCUT2D eigenvalue weighted by atomic mass is 32.1. The van der Waals surface area contributed by atoms with Gasteiger partial charge in [-0.2, -0.15) is 0 Å². The largest absolute Gasteiger partial charge is 0.478 e. The van der Waals surface area contributed by atoms with E-state index < -0.39 is 41.0 Å². The molecule has 3 aromatic rings. The van der Waals surface area contributed by atoms with E-state index >= 15 is 4.39 Å². The zero-order chi connectivity index (χ0) is 30.1. The molecule has 0 radical (unpaired) electrons. The van der Waals surface area contributed by atoms with Crippen molar-refractivity contribution < 1.29 is 37.3 Å². The third-order valence-corrected chi connectivity index (χ3v) is 7.05. The maximum absolute atomic E-state index is 15.5. The van der Waals surface area contributed by atoms with E-state index in [1.807, 2.05) is 0 Å². The van der Waals surface area contributed by atoms with Gasteiger partial charge in [0.15, 0.2) is 5.13 Å². The molecule has 41 heavy (non-hydrogen) atoms. The number of ether oxygens (including phenoxy) is 2. The molecule has 0 spiro atoms. The fourth-order valence-electron chi connectivity index (χ4n) is 4.04. The Bertz CT molecular complexity index is 1380. The van der Waals surface area contributed by atoms with Crippen molar-refractivity contribution in [2.24, 2.45) is 5.92 Å². The van der Waals surface area contributed by atoms with Gasteiger partial charge in [0, 0.05) is 60.0 Å². The molecular weight excluding hydrogens is 557 g/mol. The second kappa shape index (κ2) is 14.9. The Morgan fingerprint density at radius 2 is 1.83 bits per heavy atom. The average Bonchev–Trinajstić information content (AvgIpc) is 3.38. The summed E-state index contributed by atoms with van der Waals surface area (Å²) in [6, 6.07) is 6.49. The standard InChI is InChI=1S/C30H33F3N2O5S/c1-17(2)7-6-11-40-12-10-26(39-4)21-9-5-8-20(27(21)33)25-16-41-30(34-25)35-28(36)19-14-23(31)22(24(32)15-19)13-18(3)29(37)38/h5,8-9,13-17,26H,6-7,10-12H2,1-4H3,(H,37,38)(H,34,35,36). The van der Waals surface area contributed by atoms with Crippen LogP contribution in [0.5, 0.6) is 0 Å². The number of rotatable bonds is 14. The van der Waals surface area contributed by atoms with Crippen LogP contribution in [0.15, 0.2) is 41.3 Å². The molecule has 1 atom stereocenters. The number of halogens is 3. The van der Waals surface area contributed by atoms with E-state index in [1.54, 1.807) is 23.6 Å². The van der Waals surface area contributed by atoms with Crippen molar-refractivity contribution in [3.8, 4) is 11.3 Å². The maximum Gasteiger partial charge on any atom is 0.331 e. The molecule has 0 aliphatic heterocycles. The van der Waals surface area contributed by atoms with Gasteiger partial charge in [-0.05, 0) is 50.0 Å². The van der Waals surface area contributed by atoms with Crippen molar-refractivity contribution in [3.05, 3.63) is 75.4 Å². The Morgan fingerprint density at radius 1 is 1.12 bits per heavy atom. The number of methoxy groups -OCH3 is 1. The lowest BCUT2D eigenvalue weighted by atomic mass is 10.0. The Kier molecular flexibility index (Phi) is 11.6. The molecule has 0 saturated carbocycles. The summed E-state index contributed by atoms with van der Waals surface area (Å²) in [6.45, 7) is 6.56. The second-order valence-corrected chi connectivity index (χ2v) is 10.7. The number of amides is 1. The molecule has 1 aromatic heterocycles. The van der Waals surface area contributed by atoms with Crippen LogP contribution >= 0.6 is 11.3 Å². The number of thiazole rings is 1. The molecule has 11 heteroatoms. The molecule has 0 aliphatic carbocycles. The number of carbonyl (C=O) groups is 2. The van der Waals surface area contributed by atoms with Gasteiger partial charge < -0.3 is 14.6 Å². The van der Waals surface area contributed by atoms with Crippen LogP contribution in [0.3, 0.4) is 0 Å². The Morgan fingerprint density at radius 3 is 2.46 bits per heavy atom. The van der Waals surface area contributed by atoms with E-state index in [0.717, 1.165) is 42.4 Å². The van der Waals surface area contributed by atoms with Crippen LogP contribution < -0.4 is 5.32 Å². The number of carbonyl (C=O) groups excluding carboxylic acids is 1. The first kappa shape index (κ1) is 32.0. The number of aromatic nitrogens is 1. The summed E-state index contributed by atoms with van der Waals surface area (Å²) in [5, 5.41) is 13.1. The molecule has 1 amide bonds. The molecule has 1 unspecified atom stereocenters.